The van der Waals surface area contributed by atoms with Gasteiger partial charge in [0.25, 0.3) is 11.5 Å². The van der Waals surface area contributed by atoms with Crippen molar-refractivity contribution < 1.29 is 9.59 Å². The summed E-state index contributed by atoms with van der Waals surface area (Å²) in [5.74, 6) is -0.538. The molecular weight excluding hydrogens is 474 g/mol. The standard InChI is InChI=1S/C27H27N5O3S/c1-18(22-14-9-10-16-28-22)29-26(34)21-13-7-8-15-23(21)36-17-24(33)30-25-19(2)31(3)32(27(25)35)20-11-5-4-6-12-20/h4-16,18H,17H2,1-3H3,(H,29,34)(H,30,33)/t18-/m0/s1. The van der Waals surface area contributed by atoms with Gasteiger partial charge >= 0.3 is 0 Å². The van der Waals surface area contributed by atoms with Crippen LogP contribution in [0.3, 0.4) is 0 Å². The highest BCUT2D eigenvalue weighted by Gasteiger charge is 2.20. The summed E-state index contributed by atoms with van der Waals surface area (Å²) in [6.45, 7) is 3.65. The van der Waals surface area contributed by atoms with E-state index in [-0.39, 0.29) is 34.9 Å². The number of nitrogens with one attached hydrogen (secondary N) is 2. The molecule has 4 aromatic rings. The topological polar surface area (TPSA) is 98.0 Å². The van der Waals surface area contributed by atoms with Crippen molar-refractivity contribution in [2.24, 2.45) is 7.05 Å². The van der Waals surface area contributed by atoms with E-state index in [1.165, 1.54) is 16.4 Å². The first-order chi connectivity index (χ1) is 17.4. The van der Waals surface area contributed by atoms with Crippen molar-refractivity contribution in [3.8, 4) is 5.69 Å². The Kier molecular flexibility index (Phi) is 7.70. The van der Waals surface area contributed by atoms with Crippen LogP contribution in [0.5, 0.6) is 0 Å². The van der Waals surface area contributed by atoms with Gasteiger partial charge in [0.05, 0.1) is 34.4 Å². The molecule has 2 amide bonds. The zero-order valence-corrected chi connectivity index (χ0v) is 21.1. The number of benzene rings is 2. The van der Waals surface area contributed by atoms with E-state index >= 15 is 0 Å². The van der Waals surface area contributed by atoms with Crippen LogP contribution in [0, 0.1) is 6.92 Å². The van der Waals surface area contributed by atoms with Crippen molar-refractivity contribution in [2.75, 3.05) is 11.1 Å². The number of hydrogen-bond acceptors (Lipinski definition) is 5. The molecule has 9 heteroatoms. The molecule has 0 saturated heterocycles. The van der Waals surface area contributed by atoms with Crippen LogP contribution in [0.25, 0.3) is 5.69 Å². The van der Waals surface area contributed by atoms with Gasteiger partial charge in [0, 0.05) is 18.1 Å². The second-order valence-corrected chi connectivity index (χ2v) is 9.24. The van der Waals surface area contributed by atoms with E-state index in [2.05, 4.69) is 15.6 Å². The van der Waals surface area contributed by atoms with Crippen LogP contribution in [-0.4, -0.2) is 31.9 Å². The molecular formula is C27H27N5O3S. The predicted octanol–water partition coefficient (Wildman–Crippen LogP) is 4.10. The normalized spacial score (nSPS) is 11.6. The Morgan fingerprint density at radius 3 is 2.42 bits per heavy atom. The number of amides is 2. The predicted molar refractivity (Wildman–Crippen MR) is 142 cm³/mol. The Balaban J connectivity index is 1.45. The van der Waals surface area contributed by atoms with E-state index < -0.39 is 0 Å². The van der Waals surface area contributed by atoms with Crippen molar-refractivity contribution in [2.45, 2.75) is 24.8 Å². The Morgan fingerprint density at radius 2 is 1.69 bits per heavy atom. The van der Waals surface area contributed by atoms with E-state index in [0.29, 0.717) is 21.8 Å². The summed E-state index contributed by atoms with van der Waals surface area (Å²) in [7, 11) is 1.77. The first kappa shape index (κ1) is 25.0. The van der Waals surface area contributed by atoms with Gasteiger partial charge in [0.15, 0.2) is 0 Å². The maximum absolute atomic E-state index is 13.0. The van der Waals surface area contributed by atoms with Gasteiger partial charge in [-0.2, -0.15) is 0 Å². The zero-order valence-electron chi connectivity index (χ0n) is 20.3. The monoisotopic (exact) mass is 501 g/mol. The van der Waals surface area contributed by atoms with Gasteiger partial charge in [-0.15, -0.1) is 11.8 Å². The fraction of sp³-hybridized carbons (Fsp3) is 0.185. The van der Waals surface area contributed by atoms with Crippen LogP contribution in [0.1, 0.15) is 34.7 Å². The number of para-hydroxylation sites is 1. The highest BCUT2D eigenvalue weighted by atomic mass is 32.2. The molecule has 4 rings (SSSR count). The van der Waals surface area contributed by atoms with Gasteiger partial charge in [-0.3, -0.25) is 24.0 Å². The summed E-state index contributed by atoms with van der Waals surface area (Å²) >= 11 is 1.24. The van der Waals surface area contributed by atoms with Crippen LogP contribution >= 0.6 is 11.8 Å². The molecule has 0 unspecified atom stereocenters. The molecule has 0 bridgehead atoms. The highest BCUT2D eigenvalue weighted by molar-refractivity contribution is 8.00. The maximum atomic E-state index is 13.0. The van der Waals surface area contributed by atoms with E-state index in [1.807, 2.05) is 61.5 Å². The molecule has 184 valence electrons. The van der Waals surface area contributed by atoms with Crippen LogP contribution in [-0.2, 0) is 11.8 Å². The average Bonchev–Trinajstić information content (AvgIpc) is 3.11. The van der Waals surface area contributed by atoms with Crippen LogP contribution in [0.4, 0.5) is 5.69 Å². The fourth-order valence-electron chi connectivity index (χ4n) is 3.79. The summed E-state index contributed by atoms with van der Waals surface area (Å²) < 4.78 is 3.23. The minimum atomic E-state index is -0.330. The number of aromatic nitrogens is 3. The summed E-state index contributed by atoms with van der Waals surface area (Å²) in [6, 6.07) is 21.6. The number of carbonyl (C=O) groups is 2. The largest absolute Gasteiger partial charge is 0.344 e. The van der Waals surface area contributed by atoms with Gasteiger partial charge in [0.1, 0.15) is 5.69 Å². The van der Waals surface area contributed by atoms with Crippen molar-refractivity contribution >= 4 is 29.3 Å². The summed E-state index contributed by atoms with van der Waals surface area (Å²) in [5.41, 5.74) is 2.52. The number of hydrogen-bond donors (Lipinski definition) is 2. The summed E-state index contributed by atoms with van der Waals surface area (Å²) in [4.78, 5) is 43.7. The lowest BCUT2D eigenvalue weighted by Crippen LogP contribution is -2.27. The van der Waals surface area contributed by atoms with E-state index in [1.54, 1.807) is 43.0 Å². The fourth-order valence-corrected chi connectivity index (χ4v) is 4.64. The van der Waals surface area contributed by atoms with E-state index in [0.717, 1.165) is 5.69 Å². The molecule has 2 N–H and O–H groups in total. The van der Waals surface area contributed by atoms with Gasteiger partial charge in [-0.25, -0.2) is 4.68 Å². The molecule has 0 aliphatic rings. The van der Waals surface area contributed by atoms with Crippen molar-refractivity contribution in [1.29, 1.82) is 0 Å². The lowest BCUT2D eigenvalue weighted by molar-refractivity contribution is -0.113. The molecule has 0 aliphatic carbocycles. The SMILES string of the molecule is Cc1c(NC(=O)CSc2ccccc2C(=O)N[C@@H](C)c2ccccn2)c(=O)n(-c2ccccc2)n1C. The molecule has 0 fully saturated rings. The van der Waals surface area contributed by atoms with Crippen LogP contribution < -0.4 is 16.2 Å². The van der Waals surface area contributed by atoms with Crippen LogP contribution in [0.2, 0.25) is 0 Å². The minimum Gasteiger partial charge on any atom is -0.344 e. The smallest absolute Gasteiger partial charge is 0.295 e. The molecule has 8 nitrogen and oxygen atoms in total. The second kappa shape index (κ2) is 11.1. The molecule has 36 heavy (non-hydrogen) atoms. The van der Waals surface area contributed by atoms with Crippen molar-refractivity contribution in [3.63, 3.8) is 0 Å². The summed E-state index contributed by atoms with van der Waals surface area (Å²) in [5, 5.41) is 5.72. The number of anilines is 1. The van der Waals surface area contributed by atoms with Gasteiger partial charge in [-0.1, -0.05) is 36.4 Å². The number of pyridine rings is 1. The molecule has 0 saturated carbocycles. The van der Waals surface area contributed by atoms with Crippen molar-refractivity contribution in [3.05, 3.63) is 106 Å². The molecule has 2 aromatic heterocycles. The van der Waals surface area contributed by atoms with Gasteiger partial charge < -0.3 is 10.6 Å². The third-order valence-corrected chi connectivity index (χ3v) is 6.86. The first-order valence-corrected chi connectivity index (χ1v) is 12.4. The van der Waals surface area contributed by atoms with Gasteiger partial charge in [0.2, 0.25) is 5.91 Å². The Bertz CT molecular complexity index is 1430. The van der Waals surface area contributed by atoms with E-state index in [9.17, 15) is 14.4 Å². The maximum Gasteiger partial charge on any atom is 0.295 e. The average molecular weight is 502 g/mol. The Hall–Kier alpha value is -4.11. The molecule has 0 aliphatic heterocycles. The molecule has 2 heterocycles. The highest BCUT2D eigenvalue weighted by Crippen LogP contribution is 2.24. The lowest BCUT2D eigenvalue weighted by atomic mass is 10.1. The van der Waals surface area contributed by atoms with Crippen LogP contribution in [0.15, 0.2) is 88.7 Å². The molecule has 2 aromatic carbocycles. The number of thioether (sulfide) groups is 1. The Labute approximate surface area is 213 Å². The third-order valence-electron chi connectivity index (χ3n) is 5.79. The quantitative estimate of drug-likeness (QED) is 0.354. The Morgan fingerprint density at radius 1 is 1.00 bits per heavy atom. The number of carbonyl (C=O) groups excluding carboxylic acids is 2. The second-order valence-electron chi connectivity index (χ2n) is 8.22. The minimum absolute atomic E-state index is 0.0409. The van der Waals surface area contributed by atoms with Crippen molar-refractivity contribution in [1.82, 2.24) is 19.7 Å². The molecule has 0 radical (unpaired) electrons. The first-order valence-electron chi connectivity index (χ1n) is 11.4. The van der Waals surface area contributed by atoms with E-state index in [4.69, 9.17) is 0 Å². The number of rotatable bonds is 8. The molecule has 1 atom stereocenters. The molecule has 0 spiro atoms. The zero-order chi connectivity index (χ0) is 25.7. The lowest BCUT2D eigenvalue weighted by Gasteiger charge is -2.15. The third kappa shape index (κ3) is 5.41. The van der Waals surface area contributed by atoms with Gasteiger partial charge in [-0.05, 0) is 50.2 Å². The summed E-state index contributed by atoms with van der Waals surface area (Å²) in [6.07, 6.45) is 1.68. The number of nitrogens with zero attached hydrogens (tertiary/aromatic N) is 3.